The van der Waals surface area contributed by atoms with E-state index >= 15 is 0 Å². The molecule has 0 saturated carbocycles. The van der Waals surface area contributed by atoms with Crippen LogP contribution in [0.1, 0.15) is 18.1 Å². The summed E-state index contributed by atoms with van der Waals surface area (Å²) in [5.74, 6) is -1.28. The summed E-state index contributed by atoms with van der Waals surface area (Å²) in [6, 6.07) is 12.2. The first-order chi connectivity index (χ1) is 11.5. The molecular weight excluding hydrogens is 308 g/mol. The van der Waals surface area contributed by atoms with Crippen LogP contribution in [0.4, 0.5) is 0 Å². The minimum atomic E-state index is -1.01. The van der Waals surface area contributed by atoms with Gasteiger partial charge in [0, 0.05) is 30.1 Å². The second-order valence-corrected chi connectivity index (χ2v) is 5.11. The second kappa shape index (κ2) is 6.37. The molecule has 0 aliphatic carbocycles. The van der Waals surface area contributed by atoms with Crippen molar-refractivity contribution in [2.75, 3.05) is 0 Å². The Morgan fingerprint density at radius 2 is 1.92 bits per heavy atom. The SMILES string of the molecule is CC(=O)Oc1ccc2c(/C=C(/C(=O)O)c3ccccc3)c[nH]c2n1. The van der Waals surface area contributed by atoms with Crippen LogP contribution in [0.2, 0.25) is 0 Å². The zero-order valence-corrected chi connectivity index (χ0v) is 12.8. The number of aromatic nitrogens is 2. The Hall–Kier alpha value is -3.41. The topological polar surface area (TPSA) is 92.3 Å². The first-order valence-corrected chi connectivity index (χ1v) is 7.21. The molecule has 0 amide bonds. The van der Waals surface area contributed by atoms with Crippen LogP contribution in [0.15, 0.2) is 48.7 Å². The van der Waals surface area contributed by atoms with E-state index in [2.05, 4.69) is 9.97 Å². The van der Waals surface area contributed by atoms with E-state index in [9.17, 15) is 14.7 Å². The van der Waals surface area contributed by atoms with Crippen LogP contribution in [0, 0.1) is 0 Å². The summed E-state index contributed by atoms with van der Waals surface area (Å²) in [5.41, 5.74) is 2.00. The number of nitrogens with zero attached hydrogens (tertiary/aromatic N) is 1. The van der Waals surface area contributed by atoms with Gasteiger partial charge in [-0.05, 0) is 17.7 Å². The van der Waals surface area contributed by atoms with Crippen LogP contribution >= 0.6 is 0 Å². The molecule has 0 bridgehead atoms. The molecule has 120 valence electrons. The molecule has 6 heteroatoms. The highest BCUT2D eigenvalue weighted by Gasteiger charge is 2.12. The molecule has 0 aliphatic heterocycles. The zero-order valence-electron chi connectivity index (χ0n) is 12.8. The van der Waals surface area contributed by atoms with Gasteiger partial charge in [0.25, 0.3) is 0 Å². The fourth-order valence-corrected chi connectivity index (χ4v) is 2.37. The molecule has 0 atom stereocenters. The third-order valence-corrected chi connectivity index (χ3v) is 3.41. The first-order valence-electron chi connectivity index (χ1n) is 7.21. The van der Waals surface area contributed by atoms with Crippen molar-refractivity contribution >= 4 is 34.6 Å². The predicted octanol–water partition coefficient (Wildman–Crippen LogP) is 3.11. The summed E-state index contributed by atoms with van der Waals surface area (Å²) >= 11 is 0. The summed E-state index contributed by atoms with van der Waals surface area (Å²) in [6.45, 7) is 1.30. The predicted molar refractivity (Wildman–Crippen MR) is 89.4 cm³/mol. The Morgan fingerprint density at radius 1 is 1.17 bits per heavy atom. The number of aliphatic carboxylic acids is 1. The molecule has 6 nitrogen and oxygen atoms in total. The molecule has 0 unspecified atom stereocenters. The normalized spacial score (nSPS) is 11.5. The van der Waals surface area contributed by atoms with E-state index in [0.29, 0.717) is 16.8 Å². The Morgan fingerprint density at radius 3 is 2.58 bits per heavy atom. The van der Waals surface area contributed by atoms with Crippen LogP contribution in [0.25, 0.3) is 22.7 Å². The van der Waals surface area contributed by atoms with E-state index in [-0.39, 0.29) is 11.5 Å². The number of esters is 1. The standard InChI is InChI=1S/C18H14N2O4/c1-11(21)24-16-8-7-14-13(10-19-17(14)20-16)9-15(18(22)23)12-5-3-2-4-6-12/h2-10H,1H3,(H,19,20)(H,22,23)/b15-9+. The summed E-state index contributed by atoms with van der Waals surface area (Å²) < 4.78 is 4.94. The fraction of sp³-hybridized carbons (Fsp3) is 0.0556. The Kier molecular flexibility index (Phi) is 4.11. The monoisotopic (exact) mass is 322 g/mol. The van der Waals surface area contributed by atoms with Crippen molar-refractivity contribution in [2.24, 2.45) is 0 Å². The highest BCUT2D eigenvalue weighted by molar-refractivity contribution is 6.21. The van der Waals surface area contributed by atoms with Crippen LogP contribution in [0.5, 0.6) is 5.88 Å². The van der Waals surface area contributed by atoms with Crippen molar-refractivity contribution in [3.8, 4) is 5.88 Å². The van der Waals surface area contributed by atoms with Gasteiger partial charge in [-0.15, -0.1) is 0 Å². The Balaban J connectivity index is 2.05. The van der Waals surface area contributed by atoms with E-state index in [4.69, 9.17) is 4.74 Å². The molecule has 0 fully saturated rings. The maximum absolute atomic E-state index is 11.6. The fourth-order valence-electron chi connectivity index (χ4n) is 2.37. The minimum absolute atomic E-state index is 0.181. The number of carboxylic acids is 1. The molecule has 2 heterocycles. The first kappa shape index (κ1) is 15.5. The molecule has 2 N–H and O–H groups in total. The summed E-state index contributed by atoms with van der Waals surface area (Å²) in [5, 5.41) is 10.2. The Bertz CT molecular complexity index is 942. The number of fused-ring (bicyclic) bond motifs is 1. The smallest absolute Gasteiger partial charge is 0.336 e. The van der Waals surface area contributed by atoms with Crippen molar-refractivity contribution < 1.29 is 19.4 Å². The number of aromatic amines is 1. The van der Waals surface area contributed by atoms with Crippen LogP contribution in [-0.4, -0.2) is 27.0 Å². The lowest BCUT2D eigenvalue weighted by atomic mass is 10.0. The van der Waals surface area contributed by atoms with Gasteiger partial charge in [0.05, 0.1) is 5.57 Å². The van der Waals surface area contributed by atoms with Gasteiger partial charge in [0.2, 0.25) is 5.88 Å². The quantitative estimate of drug-likeness (QED) is 0.569. The van der Waals surface area contributed by atoms with E-state index in [0.717, 1.165) is 5.39 Å². The van der Waals surface area contributed by atoms with Gasteiger partial charge in [-0.3, -0.25) is 4.79 Å². The summed E-state index contributed by atoms with van der Waals surface area (Å²) in [4.78, 5) is 29.7. The molecule has 3 rings (SSSR count). The number of rotatable bonds is 4. The third-order valence-electron chi connectivity index (χ3n) is 3.41. The molecule has 3 aromatic rings. The minimum Gasteiger partial charge on any atom is -0.478 e. The number of pyridine rings is 1. The van der Waals surface area contributed by atoms with Crippen molar-refractivity contribution in [1.82, 2.24) is 9.97 Å². The van der Waals surface area contributed by atoms with Crippen LogP contribution in [0.3, 0.4) is 0 Å². The number of carbonyl (C=O) groups is 2. The van der Waals surface area contributed by atoms with Gasteiger partial charge >= 0.3 is 11.9 Å². The molecular formula is C18H14N2O4. The average molecular weight is 322 g/mol. The number of nitrogens with one attached hydrogen (secondary N) is 1. The van der Waals surface area contributed by atoms with Crippen molar-refractivity contribution in [3.63, 3.8) is 0 Å². The number of hydrogen-bond acceptors (Lipinski definition) is 4. The number of carboxylic acid groups (broad SMARTS) is 1. The highest BCUT2D eigenvalue weighted by atomic mass is 16.5. The lowest BCUT2D eigenvalue weighted by Gasteiger charge is -2.03. The van der Waals surface area contributed by atoms with E-state index in [1.807, 2.05) is 6.07 Å². The summed E-state index contributed by atoms with van der Waals surface area (Å²) in [6.07, 6.45) is 3.25. The van der Waals surface area contributed by atoms with Crippen molar-refractivity contribution in [3.05, 3.63) is 59.8 Å². The largest absolute Gasteiger partial charge is 0.478 e. The molecule has 0 spiro atoms. The number of ether oxygens (including phenoxy) is 1. The van der Waals surface area contributed by atoms with Gasteiger partial charge in [0.1, 0.15) is 5.65 Å². The maximum atomic E-state index is 11.6. The van der Waals surface area contributed by atoms with Gasteiger partial charge in [-0.1, -0.05) is 30.3 Å². The number of carbonyl (C=O) groups excluding carboxylic acids is 1. The molecule has 24 heavy (non-hydrogen) atoms. The molecule has 0 aliphatic rings. The molecule has 1 aromatic carbocycles. The summed E-state index contributed by atoms with van der Waals surface area (Å²) in [7, 11) is 0. The van der Waals surface area contributed by atoms with Crippen molar-refractivity contribution in [1.29, 1.82) is 0 Å². The molecule has 0 radical (unpaired) electrons. The average Bonchev–Trinajstić information content (AvgIpc) is 2.94. The van der Waals surface area contributed by atoms with Gasteiger partial charge in [-0.2, -0.15) is 4.98 Å². The van der Waals surface area contributed by atoms with Crippen molar-refractivity contribution in [2.45, 2.75) is 6.92 Å². The van der Waals surface area contributed by atoms with Gasteiger partial charge in [0.15, 0.2) is 0 Å². The Labute approximate surface area is 137 Å². The van der Waals surface area contributed by atoms with E-state index in [1.54, 1.807) is 48.7 Å². The molecule has 2 aromatic heterocycles. The van der Waals surface area contributed by atoms with Crippen LogP contribution in [-0.2, 0) is 9.59 Å². The lowest BCUT2D eigenvalue weighted by molar-refractivity contribution is -0.132. The maximum Gasteiger partial charge on any atom is 0.336 e. The zero-order chi connectivity index (χ0) is 17.1. The van der Waals surface area contributed by atoms with E-state index < -0.39 is 11.9 Å². The van der Waals surface area contributed by atoms with Gasteiger partial charge < -0.3 is 14.8 Å². The second-order valence-electron chi connectivity index (χ2n) is 5.11. The lowest BCUT2D eigenvalue weighted by Crippen LogP contribution is -2.02. The number of hydrogen-bond donors (Lipinski definition) is 2. The third kappa shape index (κ3) is 3.17. The highest BCUT2D eigenvalue weighted by Crippen LogP contribution is 2.25. The van der Waals surface area contributed by atoms with Gasteiger partial charge in [-0.25, -0.2) is 4.79 Å². The van der Waals surface area contributed by atoms with Crippen LogP contribution < -0.4 is 4.74 Å². The van der Waals surface area contributed by atoms with E-state index in [1.165, 1.54) is 6.92 Å². The molecule has 0 saturated heterocycles. The number of benzene rings is 1. The number of H-pyrrole nitrogens is 1.